The van der Waals surface area contributed by atoms with Gasteiger partial charge in [-0.05, 0) is 23.8 Å². The van der Waals surface area contributed by atoms with Gasteiger partial charge in [0.25, 0.3) is 0 Å². The third-order valence-electron chi connectivity index (χ3n) is 2.87. The van der Waals surface area contributed by atoms with E-state index in [1.54, 1.807) is 12.1 Å². The summed E-state index contributed by atoms with van der Waals surface area (Å²) < 4.78 is 4.88. The van der Waals surface area contributed by atoms with Crippen LogP contribution in [0.25, 0.3) is 6.08 Å². The second kappa shape index (κ2) is 6.00. The second-order valence-corrected chi connectivity index (χ2v) is 4.33. The summed E-state index contributed by atoms with van der Waals surface area (Å²) in [6, 6.07) is 8.75. The van der Waals surface area contributed by atoms with Gasteiger partial charge >= 0.3 is 0 Å². The van der Waals surface area contributed by atoms with Gasteiger partial charge in [-0.1, -0.05) is 18.2 Å². The first-order valence-corrected chi connectivity index (χ1v) is 6.12. The van der Waals surface area contributed by atoms with E-state index >= 15 is 0 Å². The first-order chi connectivity index (χ1) is 10.0. The lowest BCUT2D eigenvalue weighted by Crippen LogP contribution is -1.96. The van der Waals surface area contributed by atoms with E-state index in [0.717, 1.165) is 0 Å². The molecular weight excluding hydrogens is 272 g/mol. The van der Waals surface area contributed by atoms with Crippen LogP contribution in [0.3, 0.4) is 0 Å². The number of carbonyl (C=O) groups excluding carboxylic acids is 1. The third-order valence-corrected chi connectivity index (χ3v) is 2.87. The lowest BCUT2D eigenvalue weighted by atomic mass is 10.1. The number of phenols is 3. The molecule has 0 aliphatic rings. The van der Waals surface area contributed by atoms with Crippen molar-refractivity contribution in [2.75, 3.05) is 7.11 Å². The van der Waals surface area contributed by atoms with Gasteiger partial charge in [-0.25, -0.2) is 0 Å². The van der Waals surface area contributed by atoms with E-state index < -0.39 is 5.78 Å². The highest BCUT2D eigenvalue weighted by atomic mass is 16.5. The Morgan fingerprint density at radius 3 is 2.14 bits per heavy atom. The van der Waals surface area contributed by atoms with Crippen molar-refractivity contribution in [1.82, 2.24) is 0 Å². The molecule has 2 aromatic carbocycles. The number of methoxy groups -OCH3 is 1. The van der Waals surface area contributed by atoms with E-state index in [0.29, 0.717) is 5.56 Å². The highest BCUT2D eigenvalue weighted by Gasteiger charge is 2.15. The zero-order valence-electron chi connectivity index (χ0n) is 11.3. The molecule has 0 radical (unpaired) electrons. The molecule has 0 atom stereocenters. The Morgan fingerprint density at radius 2 is 1.62 bits per heavy atom. The number of benzene rings is 2. The van der Waals surface area contributed by atoms with Crippen molar-refractivity contribution in [3.63, 3.8) is 0 Å². The maximum absolute atomic E-state index is 12.0. The van der Waals surface area contributed by atoms with E-state index in [4.69, 9.17) is 9.84 Å². The van der Waals surface area contributed by atoms with Crippen molar-refractivity contribution >= 4 is 11.9 Å². The first kappa shape index (κ1) is 14.5. The van der Waals surface area contributed by atoms with Crippen LogP contribution >= 0.6 is 0 Å². The molecule has 0 aliphatic carbocycles. The van der Waals surface area contributed by atoms with Crippen LogP contribution in [0.4, 0.5) is 0 Å². The molecule has 0 bridgehead atoms. The number of carbonyl (C=O) groups is 1. The number of ketones is 1. The van der Waals surface area contributed by atoms with Crippen LogP contribution in [-0.2, 0) is 0 Å². The molecule has 21 heavy (non-hydrogen) atoms. The van der Waals surface area contributed by atoms with Gasteiger partial charge in [0.15, 0.2) is 5.78 Å². The Hall–Kier alpha value is -2.95. The van der Waals surface area contributed by atoms with Crippen molar-refractivity contribution in [1.29, 1.82) is 0 Å². The fraction of sp³-hybridized carbons (Fsp3) is 0.0625. The molecule has 0 fully saturated rings. The third kappa shape index (κ3) is 3.33. The molecule has 0 unspecified atom stereocenters. The average molecular weight is 286 g/mol. The van der Waals surface area contributed by atoms with Gasteiger partial charge in [-0.3, -0.25) is 4.79 Å². The molecule has 0 amide bonds. The molecule has 2 aromatic rings. The molecule has 0 spiro atoms. The minimum atomic E-state index is -0.541. The smallest absolute Gasteiger partial charge is 0.193 e. The first-order valence-electron chi connectivity index (χ1n) is 6.12. The van der Waals surface area contributed by atoms with E-state index in [-0.39, 0.29) is 28.6 Å². The Morgan fingerprint density at radius 1 is 1.05 bits per heavy atom. The molecular formula is C16H14O5. The summed E-state index contributed by atoms with van der Waals surface area (Å²) in [5.74, 6) is -0.867. The number of hydrogen-bond donors (Lipinski definition) is 3. The van der Waals surface area contributed by atoms with Crippen molar-refractivity contribution in [2.24, 2.45) is 0 Å². The Balaban J connectivity index is 2.26. The second-order valence-electron chi connectivity index (χ2n) is 4.33. The Bertz CT molecular complexity index is 663. The van der Waals surface area contributed by atoms with Crippen LogP contribution in [0.15, 0.2) is 42.5 Å². The molecule has 108 valence electrons. The molecule has 0 heterocycles. The van der Waals surface area contributed by atoms with Crippen molar-refractivity contribution in [2.45, 2.75) is 0 Å². The van der Waals surface area contributed by atoms with E-state index in [1.807, 2.05) is 0 Å². The normalized spacial score (nSPS) is 10.7. The highest BCUT2D eigenvalue weighted by molar-refractivity contribution is 6.10. The fourth-order valence-corrected chi connectivity index (χ4v) is 1.80. The number of phenolic OH excluding ortho intramolecular Hbond substituents is 3. The number of rotatable bonds is 4. The maximum atomic E-state index is 12.0. The van der Waals surface area contributed by atoms with E-state index in [9.17, 15) is 15.0 Å². The number of allylic oxidation sites excluding steroid dienone is 1. The summed E-state index contributed by atoms with van der Waals surface area (Å²) in [5.41, 5.74) is 0.513. The zero-order chi connectivity index (χ0) is 15.4. The lowest BCUT2D eigenvalue weighted by molar-refractivity contribution is 0.104. The standard InChI is InChI=1S/C16H14O5/c1-21-12-8-14(19)16(15(20)9-12)13(18)7-4-10-2-5-11(17)6-3-10/h2-9,17,19-20H,1H3. The van der Waals surface area contributed by atoms with E-state index in [1.165, 1.54) is 43.5 Å². The maximum Gasteiger partial charge on any atom is 0.193 e. The van der Waals surface area contributed by atoms with Crippen molar-refractivity contribution in [3.8, 4) is 23.0 Å². The van der Waals surface area contributed by atoms with Crippen LogP contribution in [0.2, 0.25) is 0 Å². The summed E-state index contributed by atoms with van der Waals surface area (Å²) >= 11 is 0. The van der Waals surface area contributed by atoms with Crippen LogP contribution in [-0.4, -0.2) is 28.2 Å². The van der Waals surface area contributed by atoms with Gasteiger partial charge in [-0.15, -0.1) is 0 Å². The van der Waals surface area contributed by atoms with Gasteiger partial charge in [0.1, 0.15) is 28.6 Å². The number of ether oxygens (including phenoxy) is 1. The van der Waals surface area contributed by atoms with Crippen LogP contribution in [0, 0.1) is 0 Å². The molecule has 2 rings (SSSR count). The highest BCUT2D eigenvalue weighted by Crippen LogP contribution is 2.33. The summed E-state index contributed by atoms with van der Waals surface area (Å²) in [4.78, 5) is 12.0. The van der Waals surface area contributed by atoms with Gasteiger partial charge in [-0.2, -0.15) is 0 Å². The molecule has 5 heteroatoms. The summed E-state index contributed by atoms with van der Waals surface area (Å²) in [5, 5.41) is 28.7. The topological polar surface area (TPSA) is 87.0 Å². The predicted octanol–water partition coefficient (Wildman–Crippen LogP) is 2.71. The zero-order valence-corrected chi connectivity index (χ0v) is 11.3. The molecule has 0 aliphatic heterocycles. The van der Waals surface area contributed by atoms with Crippen LogP contribution in [0.5, 0.6) is 23.0 Å². The van der Waals surface area contributed by atoms with Crippen LogP contribution < -0.4 is 4.74 Å². The van der Waals surface area contributed by atoms with E-state index in [2.05, 4.69) is 0 Å². The van der Waals surface area contributed by atoms with Gasteiger partial charge < -0.3 is 20.1 Å². The average Bonchev–Trinajstić information content (AvgIpc) is 2.45. The SMILES string of the molecule is COc1cc(O)c(C(=O)C=Cc2ccc(O)cc2)c(O)c1. The minimum absolute atomic E-state index is 0.129. The largest absolute Gasteiger partial charge is 0.508 e. The summed E-state index contributed by atoms with van der Waals surface area (Å²) in [7, 11) is 1.39. The lowest BCUT2D eigenvalue weighted by Gasteiger charge is -2.07. The predicted molar refractivity (Wildman–Crippen MR) is 77.8 cm³/mol. The van der Waals surface area contributed by atoms with Gasteiger partial charge in [0.2, 0.25) is 0 Å². The molecule has 0 saturated carbocycles. The number of hydrogen-bond acceptors (Lipinski definition) is 5. The fourth-order valence-electron chi connectivity index (χ4n) is 1.80. The monoisotopic (exact) mass is 286 g/mol. The molecule has 3 N–H and O–H groups in total. The quantitative estimate of drug-likeness (QED) is 0.594. The van der Waals surface area contributed by atoms with Crippen LogP contribution in [0.1, 0.15) is 15.9 Å². The molecule has 0 saturated heterocycles. The Kier molecular flexibility index (Phi) is 4.13. The van der Waals surface area contributed by atoms with Gasteiger partial charge in [0.05, 0.1) is 7.11 Å². The molecule has 0 aromatic heterocycles. The van der Waals surface area contributed by atoms with Gasteiger partial charge in [0, 0.05) is 12.1 Å². The number of aromatic hydroxyl groups is 3. The Labute approximate surface area is 121 Å². The summed E-state index contributed by atoms with van der Waals surface area (Å²) in [6.45, 7) is 0. The summed E-state index contributed by atoms with van der Waals surface area (Å²) in [6.07, 6.45) is 2.75. The minimum Gasteiger partial charge on any atom is -0.508 e. The van der Waals surface area contributed by atoms with Crippen molar-refractivity contribution in [3.05, 3.63) is 53.6 Å². The molecule has 5 nitrogen and oxygen atoms in total. The van der Waals surface area contributed by atoms with Crippen molar-refractivity contribution < 1.29 is 24.9 Å².